The Morgan fingerprint density at radius 3 is 2.52 bits per heavy atom. The molecule has 0 aromatic heterocycles. The van der Waals surface area contributed by atoms with Crippen LogP contribution in [0.15, 0.2) is 48.5 Å². The SMILES string of the molecule is COc1ccccc1OCCNC(=O)C1CCCCC1C(=O)N1CCc2ccccc21. The van der Waals surface area contributed by atoms with E-state index in [2.05, 4.69) is 11.4 Å². The smallest absolute Gasteiger partial charge is 0.230 e. The molecule has 1 heterocycles. The summed E-state index contributed by atoms with van der Waals surface area (Å²) >= 11 is 0. The van der Waals surface area contributed by atoms with Crippen LogP contribution in [0.4, 0.5) is 5.69 Å². The van der Waals surface area contributed by atoms with Crippen molar-refractivity contribution in [2.45, 2.75) is 32.1 Å². The van der Waals surface area contributed by atoms with Crippen molar-refractivity contribution in [3.05, 3.63) is 54.1 Å². The number of para-hydroxylation sites is 3. The number of carbonyl (C=O) groups excluding carboxylic acids is 2. The third-order valence-electron chi connectivity index (χ3n) is 6.30. The normalized spacial score (nSPS) is 20.1. The maximum absolute atomic E-state index is 13.4. The Morgan fingerprint density at radius 1 is 1.00 bits per heavy atom. The Kier molecular flexibility index (Phi) is 6.75. The molecule has 0 radical (unpaired) electrons. The van der Waals surface area contributed by atoms with Crippen LogP contribution < -0.4 is 19.7 Å². The van der Waals surface area contributed by atoms with Crippen molar-refractivity contribution < 1.29 is 19.1 Å². The Bertz CT molecular complexity index is 929. The predicted octanol–water partition coefficient (Wildman–Crippen LogP) is 3.59. The fourth-order valence-electron chi connectivity index (χ4n) is 4.71. The number of benzene rings is 2. The van der Waals surface area contributed by atoms with Crippen LogP contribution in [0.2, 0.25) is 0 Å². The van der Waals surface area contributed by atoms with Crippen LogP contribution in [-0.2, 0) is 16.0 Å². The number of hydrogen-bond donors (Lipinski definition) is 1. The van der Waals surface area contributed by atoms with Gasteiger partial charge in [0.25, 0.3) is 0 Å². The zero-order valence-corrected chi connectivity index (χ0v) is 18.0. The lowest BCUT2D eigenvalue weighted by Crippen LogP contribution is -2.45. The molecule has 2 amide bonds. The molecule has 31 heavy (non-hydrogen) atoms. The molecule has 1 aliphatic heterocycles. The van der Waals surface area contributed by atoms with Gasteiger partial charge in [0.1, 0.15) is 6.61 Å². The highest BCUT2D eigenvalue weighted by Crippen LogP contribution is 2.36. The average Bonchev–Trinajstić information content (AvgIpc) is 3.25. The van der Waals surface area contributed by atoms with Crippen molar-refractivity contribution >= 4 is 17.5 Å². The van der Waals surface area contributed by atoms with Crippen molar-refractivity contribution in [3.8, 4) is 11.5 Å². The Balaban J connectivity index is 1.34. The summed E-state index contributed by atoms with van der Waals surface area (Å²) in [7, 11) is 1.60. The molecule has 1 N–H and O–H groups in total. The molecule has 1 saturated carbocycles. The second-order valence-corrected chi connectivity index (χ2v) is 8.16. The third kappa shape index (κ3) is 4.68. The summed E-state index contributed by atoms with van der Waals surface area (Å²) in [5, 5.41) is 2.98. The van der Waals surface area contributed by atoms with Gasteiger partial charge in [-0.25, -0.2) is 0 Å². The van der Waals surface area contributed by atoms with Crippen LogP contribution >= 0.6 is 0 Å². The fraction of sp³-hybridized carbons (Fsp3) is 0.440. The van der Waals surface area contributed by atoms with Crippen molar-refractivity contribution in [2.24, 2.45) is 11.8 Å². The quantitative estimate of drug-likeness (QED) is 0.693. The molecule has 4 rings (SSSR count). The number of carbonyl (C=O) groups is 2. The van der Waals surface area contributed by atoms with Gasteiger partial charge in [-0.1, -0.05) is 43.2 Å². The molecule has 2 atom stereocenters. The summed E-state index contributed by atoms with van der Waals surface area (Å²) in [5.74, 6) is 0.829. The van der Waals surface area contributed by atoms with Crippen LogP contribution in [0.1, 0.15) is 31.2 Å². The first kappa shape index (κ1) is 21.2. The summed E-state index contributed by atoms with van der Waals surface area (Å²) in [6.07, 6.45) is 4.38. The lowest BCUT2D eigenvalue weighted by Gasteiger charge is -2.32. The molecule has 6 heteroatoms. The Hall–Kier alpha value is -3.02. The number of methoxy groups -OCH3 is 1. The highest BCUT2D eigenvalue weighted by molar-refractivity contribution is 5.99. The summed E-state index contributed by atoms with van der Waals surface area (Å²) in [5.41, 5.74) is 2.21. The summed E-state index contributed by atoms with van der Waals surface area (Å²) in [6.45, 7) is 1.44. The molecular weight excluding hydrogens is 392 g/mol. The van der Waals surface area contributed by atoms with Crippen LogP contribution in [0.5, 0.6) is 11.5 Å². The molecule has 6 nitrogen and oxygen atoms in total. The maximum Gasteiger partial charge on any atom is 0.230 e. The molecule has 0 bridgehead atoms. The van der Waals surface area contributed by atoms with Gasteiger partial charge in [-0.05, 0) is 43.0 Å². The number of ether oxygens (including phenoxy) is 2. The lowest BCUT2D eigenvalue weighted by molar-refractivity contribution is -0.135. The summed E-state index contributed by atoms with van der Waals surface area (Å²) in [6, 6.07) is 15.5. The number of anilines is 1. The minimum Gasteiger partial charge on any atom is -0.493 e. The molecular formula is C25H30N2O4. The molecule has 2 aromatic rings. The van der Waals surface area contributed by atoms with Gasteiger partial charge in [-0.15, -0.1) is 0 Å². The van der Waals surface area contributed by atoms with E-state index in [0.29, 0.717) is 31.2 Å². The first-order valence-electron chi connectivity index (χ1n) is 11.1. The summed E-state index contributed by atoms with van der Waals surface area (Å²) < 4.78 is 11.0. The second-order valence-electron chi connectivity index (χ2n) is 8.16. The first-order chi connectivity index (χ1) is 15.2. The standard InChI is InChI=1S/C25H30N2O4/c1-30-22-12-6-7-13-23(22)31-17-15-26-24(28)19-9-3-4-10-20(19)25(29)27-16-14-18-8-2-5-11-21(18)27/h2,5-8,11-13,19-20H,3-4,9-10,14-17H2,1H3,(H,26,28). The second kappa shape index (κ2) is 9.86. The fourth-order valence-corrected chi connectivity index (χ4v) is 4.71. The number of nitrogens with one attached hydrogen (secondary N) is 1. The zero-order chi connectivity index (χ0) is 21.6. The van der Waals surface area contributed by atoms with Crippen molar-refractivity contribution in [3.63, 3.8) is 0 Å². The van der Waals surface area contributed by atoms with E-state index in [9.17, 15) is 9.59 Å². The molecule has 1 fully saturated rings. The first-order valence-corrected chi connectivity index (χ1v) is 11.1. The van der Waals surface area contributed by atoms with E-state index in [1.165, 1.54) is 5.56 Å². The van der Waals surface area contributed by atoms with E-state index >= 15 is 0 Å². The van der Waals surface area contributed by atoms with Gasteiger partial charge in [0.15, 0.2) is 11.5 Å². The lowest BCUT2D eigenvalue weighted by atomic mass is 9.77. The largest absolute Gasteiger partial charge is 0.493 e. The van der Waals surface area contributed by atoms with Crippen molar-refractivity contribution in [1.82, 2.24) is 5.32 Å². The number of amides is 2. The molecule has 1 aliphatic carbocycles. The van der Waals surface area contributed by atoms with Gasteiger partial charge in [-0.2, -0.15) is 0 Å². The van der Waals surface area contributed by atoms with Gasteiger partial charge < -0.3 is 19.7 Å². The van der Waals surface area contributed by atoms with Crippen molar-refractivity contribution in [1.29, 1.82) is 0 Å². The summed E-state index contributed by atoms with van der Waals surface area (Å²) in [4.78, 5) is 28.2. The van der Waals surface area contributed by atoms with E-state index in [1.54, 1.807) is 7.11 Å². The van der Waals surface area contributed by atoms with E-state index < -0.39 is 0 Å². The van der Waals surface area contributed by atoms with E-state index in [0.717, 1.165) is 37.8 Å². The minimum absolute atomic E-state index is 0.0471. The Labute approximate surface area is 183 Å². The maximum atomic E-state index is 13.4. The Morgan fingerprint density at radius 2 is 1.71 bits per heavy atom. The van der Waals surface area contributed by atoms with E-state index in [-0.39, 0.29) is 23.7 Å². The minimum atomic E-state index is -0.278. The number of hydrogen-bond acceptors (Lipinski definition) is 4. The van der Waals surface area contributed by atoms with Crippen LogP contribution in [0.3, 0.4) is 0 Å². The van der Waals surface area contributed by atoms with Crippen LogP contribution in [0, 0.1) is 11.8 Å². The monoisotopic (exact) mass is 422 g/mol. The number of fused-ring (bicyclic) bond motifs is 1. The van der Waals surface area contributed by atoms with Gasteiger partial charge in [0.05, 0.1) is 19.6 Å². The molecule has 2 aliphatic rings. The van der Waals surface area contributed by atoms with Gasteiger partial charge in [-0.3, -0.25) is 9.59 Å². The highest BCUT2D eigenvalue weighted by Gasteiger charge is 2.39. The van der Waals surface area contributed by atoms with Crippen LogP contribution in [0.25, 0.3) is 0 Å². The molecule has 0 saturated heterocycles. The third-order valence-corrected chi connectivity index (χ3v) is 6.30. The number of nitrogens with zero attached hydrogens (tertiary/aromatic N) is 1. The van der Waals surface area contributed by atoms with E-state index in [4.69, 9.17) is 9.47 Å². The molecule has 164 valence electrons. The van der Waals surface area contributed by atoms with Gasteiger partial charge in [0.2, 0.25) is 11.8 Å². The van der Waals surface area contributed by atoms with Gasteiger partial charge in [0, 0.05) is 18.2 Å². The highest BCUT2D eigenvalue weighted by atomic mass is 16.5. The molecule has 2 aromatic carbocycles. The molecule has 2 unspecified atom stereocenters. The van der Waals surface area contributed by atoms with Crippen molar-refractivity contribution in [2.75, 3.05) is 31.7 Å². The molecule has 0 spiro atoms. The van der Waals surface area contributed by atoms with Crippen LogP contribution in [-0.4, -0.2) is 38.6 Å². The zero-order valence-electron chi connectivity index (χ0n) is 18.0. The topological polar surface area (TPSA) is 67.9 Å². The predicted molar refractivity (Wildman–Crippen MR) is 119 cm³/mol. The number of rotatable bonds is 7. The average molecular weight is 423 g/mol. The van der Waals surface area contributed by atoms with Gasteiger partial charge >= 0.3 is 0 Å². The van der Waals surface area contributed by atoms with E-state index in [1.807, 2.05) is 47.4 Å².